The third kappa shape index (κ3) is 4.48. The van der Waals surface area contributed by atoms with E-state index in [0.717, 1.165) is 12.2 Å². The number of hydrogen-bond acceptors (Lipinski definition) is 2. The van der Waals surface area contributed by atoms with Crippen LogP contribution in [-0.4, -0.2) is 18.6 Å². The summed E-state index contributed by atoms with van der Waals surface area (Å²) in [5.74, 6) is 1.27. The lowest BCUT2D eigenvalue weighted by Crippen LogP contribution is -2.39. The average Bonchev–Trinajstić information content (AvgIpc) is 2.50. The lowest BCUT2D eigenvalue weighted by atomic mass is 9.92. The Kier molecular flexibility index (Phi) is 5.66. The first kappa shape index (κ1) is 15.9. The van der Waals surface area contributed by atoms with Crippen molar-refractivity contribution in [2.75, 3.05) is 6.54 Å². The van der Waals surface area contributed by atoms with E-state index in [1.54, 1.807) is 0 Å². The Morgan fingerprint density at radius 3 is 2.62 bits per heavy atom. The van der Waals surface area contributed by atoms with Gasteiger partial charge in [0.2, 0.25) is 0 Å². The van der Waals surface area contributed by atoms with E-state index >= 15 is 0 Å². The molecule has 3 nitrogen and oxygen atoms in total. The van der Waals surface area contributed by atoms with Crippen LogP contribution in [-0.2, 0) is 17.6 Å². The van der Waals surface area contributed by atoms with Gasteiger partial charge in [-0.15, -0.1) is 0 Å². The number of benzene rings is 1. The van der Waals surface area contributed by atoms with E-state index < -0.39 is 6.10 Å². The quantitative estimate of drug-likeness (QED) is 0.870. The summed E-state index contributed by atoms with van der Waals surface area (Å²) in [5.41, 5.74) is 2.82. The van der Waals surface area contributed by atoms with Gasteiger partial charge in [-0.2, -0.15) is 0 Å². The number of rotatable bonds is 6. The van der Waals surface area contributed by atoms with Crippen LogP contribution >= 0.6 is 0 Å². The highest BCUT2D eigenvalue weighted by atomic mass is 16.5. The lowest BCUT2D eigenvalue weighted by molar-refractivity contribution is -0.128. The molecule has 1 aromatic rings. The summed E-state index contributed by atoms with van der Waals surface area (Å²) in [5, 5.41) is 2.95. The van der Waals surface area contributed by atoms with E-state index in [1.807, 2.05) is 13.0 Å². The Morgan fingerprint density at radius 2 is 1.95 bits per heavy atom. The van der Waals surface area contributed by atoms with E-state index in [2.05, 4.69) is 31.3 Å². The first-order valence-corrected chi connectivity index (χ1v) is 8.16. The minimum Gasteiger partial charge on any atom is -0.481 e. The maximum absolute atomic E-state index is 12.1. The average molecular weight is 289 g/mol. The third-order valence-corrected chi connectivity index (χ3v) is 3.95. The molecule has 0 radical (unpaired) electrons. The molecular weight excluding hydrogens is 262 g/mol. The predicted molar refractivity (Wildman–Crippen MR) is 85.6 cm³/mol. The molecule has 1 N–H and O–H groups in total. The predicted octanol–water partition coefficient (Wildman–Crippen LogP) is 3.50. The number of hydrogen-bond donors (Lipinski definition) is 1. The molecule has 0 unspecified atom stereocenters. The number of amides is 1. The molecule has 0 aromatic heterocycles. The highest BCUT2D eigenvalue weighted by molar-refractivity contribution is 5.81. The second-order valence-electron chi connectivity index (χ2n) is 6.29. The van der Waals surface area contributed by atoms with Crippen molar-refractivity contribution in [2.45, 2.75) is 59.0 Å². The van der Waals surface area contributed by atoms with Crippen LogP contribution in [0.3, 0.4) is 0 Å². The molecule has 1 aliphatic rings. The summed E-state index contributed by atoms with van der Waals surface area (Å²) in [6.07, 6.45) is 5.11. The van der Waals surface area contributed by atoms with Crippen molar-refractivity contribution in [3.05, 3.63) is 29.3 Å². The summed E-state index contributed by atoms with van der Waals surface area (Å²) >= 11 is 0. The van der Waals surface area contributed by atoms with Crippen LogP contribution in [0, 0.1) is 5.92 Å². The number of fused-ring (bicyclic) bond motifs is 1. The first-order valence-electron chi connectivity index (χ1n) is 8.16. The summed E-state index contributed by atoms with van der Waals surface area (Å²) in [4.78, 5) is 12.1. The Balaban J connectivity index is 1.99. The highest BCUT2D eigenvalue weighted by Crippen LogP contribution is 2.26. The molecule has 0 saturated heterocycles. The second-order valence-corrected chi connectivity index (χ2v) is 6.29. The summed E-state index contributed by atoms with van der Waals surface area (Å²) in [6, 6.07) is 6.28. The lowest BCUT2D eigenvalue weighted by Gasteiger charge is -2.20. The Labute approximate surface area is 128 Å². The zero-order chi connectivity index (χ0) is 15.2. The van der Waals surface area contributed by atoms with E-state index in [4.69, 9.17) is 4.74 Å². The van der Waals surface area contributed by atoms with Crippen LogP contribution in [0.1, 0.15) is 51.2 Å². The molecule has 1 aliphatic carbocycles. The molecule has 0 saturated carbocycles. The second kappa shape index (κ2) is 7.48. The number of carbonyl (C=O) groups excluding carboxylic acids is 1. The SMILES string of the molecule is CC[C@H](Oc1ccc2c(c1)CCCC2)C(=O)NCC(C)C. The molecule has 0 heterocycles. The molecule has 1 amide bonds. The zero-order valence-electron chi connectivity index (χ0n) is 13.4. The van der Waals surface area contributed by atoms with Gasteiger partial charge in [0, 0.05) is 6.54 Å². The van der Waals surface area contributed by atoms with Gasteiger partial charge < -0.3 is 10.1 Å². The number of aryl methyl sites for hydroxylation is 2. The van der Waals surface area contributed by atoms with Crippen molar-refractivity contribution in [2.24, 2.45) is 5.92 Å². The molecule has 21 heavy (non-hydrogen) atoms. The smallest absolute Gasteiger partial charge is 0.261 e. The van der Waals surface area contributed by atoms with Gasteiger partial charge in [0.1, 0.15) is 5.75 Å². The van der Waals surface area contributed by atoms with Gasteiger partial charge in [-0.3, -0.25) is 4.79 Å². The maximum Gasteiger partial charge on any atom is 0.261 e. The molecule has 2 rings (SSSR count). The molecule has 0 aliphatic heterocycles. The Hall–Kier alpha value is -1.51. The normalized spacial score (nSPS) is 15.4. The van der Waals surface area contributed by atoms with Gasteiger partial charge in [-0.1, -0.05) is 26.8 Å². The van der Waals surface area contributed by atoms with Crippen molar-refractivity contribution < 1.29 is 9.53 Å². The van der Waals surface area contributed by atoms with E-state index in [0.29, 0.717) is 18.9 Å². The van der Waals surface area contributed by atoms with Crippen molar-refractivity contribution in [3.63, 3.8) is 0 Å². The summed E-state index contributed by atoms with van der Waals surface area (Å²) < 4.78 is 5.91. The van der Waals surface area contributed by atoms with Crippen molar-refractivity contribution in [3.8, 4) is 5.75 Å². The third-order valence-electron chi connectivity index (χ3n) is 3.95. The van der Waals surface area contributed by atoms with Gasteiger partial charge in [0.05, 0.1) is 0 Å². The standard InChI is InChI=1S/C18H27NO2/c1-4-17(18(20)19-12-13(2)3)21-16-10-9-14-7-5-6-8-15(14)11-16/h9-11,13,17H,4-8,12H2,1-3H3,(H,19,20)/t17-/m0/s1. The minimum atomic E-state index is -0.398. The first-order chi connectivity index (χ1) is 10.1. The number of carbonyl (C=O) groups is 1. The maximum atomic E-state index is 12.1. The topological polar surface area (TPSA) is 38.3 Å². The molecule has 0 spiro atoms. The van der Waals surface area contributed by atoms with Gasteiger partial charge in [-0.05, 0) is 61.3 Å². The monoisotopic (exact) mass is 289 g/mol. The molecule has 1 atom stereocenters. The highest BCUT2D eigenvalue weighted by Gasteiger charge is 2.19. The molecule has 0 fully saturated rings. The molecule has 3 heteroatoms. The van der Waals surface area contributed by atoms with Crippen LogP contribution in [0.5, 0.6) is 5.75 Å². The zero-order valence-corrected chi connectivity index (χ0v) is 13.4. The van der Waals surface area contributed by atoms with Gasteiger partial charge in [0.25, 0.3) is 5.91 Å². The number of ether oxygens (including phenoxy) is 1. The Bertz CT molecular complexity index is 482. The van der Waals surface area contributed by atoms with Crippen molar-refractivity contribution >= 4 is 5.91 Å². The van der Waals surface area contributed by atoms with Crippen LogP contribution < -0.4 is 10.1 Å². The van der Waals surface area contributed by atoms with Crippen LogP contribution in [0.2, 0.25) is 0 Å². The van der Waals surface area contributed by atoms with E-state index in [9.17, 15) is 4.79 Å². The fourth-order valence-corrected chi connectivity index (χ4v) is 2.69. The Morgan fingerprint density at radius 1 is 1.24 bits per heavy atom. The minimum absolute atomic E-state index is 0.0103. The summed E-state index contributed by atoms with van der Waals surface area (Å²) in [6.45, 7) is 6.86. The van der Waals surface area contributed by atoms with Crippen LogP contribution in [0.15, 0.2) is 18.2 Å². The van der Waals surface area contributed by atoms with Crippen molar-refractivity contribution in [1.29, 1.82) is 0 Å². The molecule has 1 aromatic carbocycles. The van der Waals surface area contributed by atoms with E-state index in [-0.39, 0.29) is 5.91 Å². The van der Waals surface area contributed by atoms with Gasteiger partial charge in [0.15, 0.2) is 6.10 Å². The molecular formula is C18H27NO2. The summed E-state index contributed by atoms with van der Waals surface area (Å²) in [7, 11) is 0. The largest absolute Gasteiger partial charge is 0.481 e. The number of nitrogens with one attached hydrogen (secondary N) is 1. The van der Waals surface area contributed by atoms with Crippen LogP contribution in [0.25, 0.3) is 0 Å². The fourth-order valence-electron chi connectivity index (χ4n) is 2.69. The molecule has 0 bridgehead atoms. The fraction of sp³-hybridized carbons (Fsp3) is 0.611. The molecule has 116 valence electrons. The van der Waals surface area contributed by atoms with Crippen molar-refractivity contribution in [1.82, 2.24) is 5.32 Å². The van der Waals surface area contributed by atoms with E-state index in [1.165, 1.54) is 30.4 Å². The van der Waals surface area contributed by atoms with Gasteiger partial charge in [-0.25, -0.2) is 0 Å². The van der Waals surface area contributed by atoms with Crippen LogP contribution in [0.4, 0.5) is 0 Å². The van der Waals surface area contributed by atoms with Gasteiger partial charge >= 0.3 is 0 Å².